The first-order chi connectivity index (χ1) is 12.7. The summed E-state index contributed by atoms with van der Waals surface area (Å²) < 4.78 is 1.92. The average molecular weight is 351 g/mol. The number of amides is 1. The minimum atomic E-state index is -0.108. The van der Waals surface area contributed by atoms with Crippen LogP contribution in [0.3, 0.4) is 0 Å². The van der Waals surface area contributed by atoms with Crippen molar-refractivity contribution >= 4 is 16.8 Å². The maximum absolute atomic E-state index is 12.4. The second-order valence-corrected chi connectivity index (χ2v) is 7.00. The lowest BCUT2D eigenvalue weighted by molar-refractivity contribution is 0.0948. The average Bonchev–Trinajstić information content (AvgIpc) is 3.31. The number of hydrogen-bond donors (Lipinski definition) is 3. The number of piperidine rings is 1. The Hall–Kier alpha value is -2.60. The molecular weight excluding hydrogens is 326 g/mol. The van der Waals surface area contributed by atoms with Crippen molar-refractivity contribution in [3.63, 3.8) is 0 Å². The topological polar surface area (TPSA) is 74.7 Å². The van der Waals surface area contributed by atoms with Gasteiger partial charge in [-0.1, -0.05) is 18.2 Å². The zero-order chi connectivity index (χ0) is 17.9. The molecule has 1 saturated heterocycles. The summed E-state index contributed by atoms with van der Waals surface area (Å²) in [5.41, 5.74) is 4.13. The maximum atomic E-state index is 12.4. The third-order valence-electron chi connectivity index (χ3n) is 5.18. The number of benzene rings is 1. The van der Waals surface area contributed by atoms with Gasteiger partial charge in [0.25, 0.3) is 5.91 Å². The van der Waals surface area contributed by atoms with Crippen LogP contribution in [0, 0.1) is 6.92 Å². The fraction of sp³-hybridized carbons (Fsp3) is 0.400. The van der Waals surface area contributed by atoms with Gasteiger partial charge in [0.1, 0.15) is 5.69 Å². The highest BCUT2D eigenvalue weighted by molar-refractivity contribution is 5.92. The summed E-state index contributed by atoms with van der Waals surface area (Å²) in [5, 5.41) is 12.1. The summed E-state index contributed by atoms with van der Waals surface area (Å²) in [7, 11) is 0. The molecule has 0 saturated carbocycles. The molecule has 6 heteroatoms. The molecule has 0 spiro atoms. The molecule has 1 aromatic carbocycles. The van der Waals surface area contributed by atoms with E-state index in [2.05, 4.69) is 45.8 Å². The highest BCUT2D eigenvalue weighted by atomic mass is 16.1. The number of aromatic amines is 1. The van der Waals surface area contributed by atoms with E-state index >= 15 is 0 Å². The van der Waals surface area contributed by atoms with Crippen LogP contribution >= 0.6 is 0 Å². The van der Waals surface area contributed by atoms with E-state index in [-0.39, 0.29) is 5.91 Å². The molecule has 0 radical (unpaired) electrons. The Balaban J connectivity index is 1.35. The van der Waals surface area contributed by atoms with Gasteiger partial charge in [-0.15, -0.1) is 0 Å². The zero-order valence-corrected chi connectivity index (χ0v) is 15.1. The number of H-pyrrole nitrogens is 1. The molecule has 136 valence electrons. The lowest BCUT2D eigenvalue weighted by Gasteiger charge is -2.22. The Bertz CT molecular complexity index is 904. The highest BCUT2D eigenvalue weighted by Gasteiger charge is 2.17. The molecule has 1 amide bonds. The van der Waals surface area contributed by atoms with Gasteiger partial charge in [-0.25, -0.2) is 0 Å². The highest BCUT2D eigenvalue weighted by Crippen LogP contribution is 2.21. The number of nitrogens with zero attached hydrogens (tertiary/aromatic N) is 2. The number of rotatable bonds is 5. The van der Waals surface area contributed by atoms with E-state index in [1.54, 1.807) is 6.07 Å². The third-order valence-corrected chi connectivity index (χ3v) is 5.18. The first-order valence-corrected chi connectivity index (χ1v) is 9.32. The van der Waals surface area contributed by atoms with E-state index in [1.807, 2.05) is 17.1 Å². The second kappa shape index (κ2) is 7.33. The predicted octanol–water partition coefficient (Wildman–Crippen LogP) is 2.57. The number of fused-ring (bicyclic) bond motifs is 1. The van der Waals surface area contributed by atoms with Gasteiger partial charge in [-0.2, -0.15) is 5.10 Å². The molecule has 3 N–H and O–H groups in total. The molecule has 2 aromatic heterocycles. The van der Waals surface area contributed by atoms with Gasteiger partial charge >= 0.3 is 0 Å². The van der Waals surface area contributed by atoms with E-state index in [4.69, 9.17) is 0 Å². The number of hydrogen-bond acceptors (Lipinski definition) is 3. The summed E-state index contributed by atoms with van der Waals surface area (Å²) in [4.78, 5) is 15.7. The van der Waals surface area contributed by atoms with Gasteiger partial charge < -0.3 is 15.6 Å². The van der Waals surface area contributed by atoms with Crippen LogP contribution in [0.2, 0.25) is 0 Å². The second-order valence-electron chi connectivity index (χ2n) is 7.00. The van der Waals surface area contributed by atoms with Crippen molar-refractivity contribution in [2.75, 3.05) is 19.6 Å². The lowest BCUT2D eigenvalue weighted by Crippen LogP contribution is -2.32. The van der Waals surface area contributed by atoms with E-state index < -0.39 is 0 Å². The molecule has 1 atom stereocenters. The van der Waals surface area contributed by atoms with Crippen LogP contribution in [0.25, 0.3) is 10.9 Å². The molecule has 6 nitrogen and oxygen atoms in total. The van der Waals surface area contributed by atoms with Gasteiger partial charge in [0.05, 0.1) is 6.04 Å². The summed E-state index contributed by atoms with van der Waals surface area (Å²) >= 11 is 0. The maximum Gasteiger partial charge on any atom is 0.271 e. The molecule has 1 unspecified atom stereocenters. The zero-order valence-electron chi connectivity index (χ0n) is 15.1. The van der Waals surface area contributed by atoms with Crippen LogP contribution in [0.5, 0.6) is 0 Å². The molecule has 4 rings (SSSR count). The Labute approximate surface area is 153 Å². The number of aromatic nitrogens is 3. The van der Waals surface area contributed by atoms with Crippen LogP contribution in [0.15, 0.2) is 36.7 Å². The van der Waals surface area contributed by atoms with Crippen LogP contribution in [0.1, 0.15) is 40.5 Å². The molecule has 1 aliphatic rings. The fourth-order valence-electron chi connectivity index (χ4n) is 3.69. The number of carbonyl (C=O) groups excluding carboxylic acids is 1. The van der Waals surface area contributed by atoms with E-state index in [9.17, 15) is 4.79 Å². The molecule has 0 bridgehead atoms. The molecule has 26 heavy (non-hydrogen) atoms. The first-order valence-electron chi connectivity index (χ1n) is 9.32. The van der Waals surface area contributed by atoms with Crippen LogP contribution in [-0.2, 0) is 6.42 Å². The monoisotopic (exact) mass is 351 g/mol. The van der Waals surface area contributed by atoms with Crippen molar-refractivity contribution in [1.82, 2.24) is 25.4 Å². The van der Waals surface area contributed by atoms with Gasteiger partial charge in [-0.05, 0) is 49.9 Å². The Morgan fingerprint density at radius 2 is 2.31 bits per heavy atom. The standard InChI is InChI=1S/C20H25N5O/c1-14-4-2-6-17-15(12-23-19(14)17)7-10-22-20(26)18-8-11-25(24-18)16-5-3-9-21-13-16/h2,4,6,8,11-12,16,21,23H,3,5,7,9-10,13H2,1H3,(H,22,26). The number of carbonyl (C=O) groups is 1. The normalized spacial score (nSPS) is 17.5. The van der Waals surface area contributed by atoms with Gasteiger partial charge in [0.2, 0.25) is 0 Å². The van der Waals surface area contributed by atoms with Crippen LogP contribution < -0.4 is 10.6 Å². The predicted molar refractivity (Wildman–Crippen MR) is 102 cm³/mol. The SMILES string of the molecule is Cc1cccc2c(CCNC(=O)c3ccn(C4CCCNC4)n3)c[nH]c12. The molecular formula is C20H25N5O. The van der Waals surface area contributed by atoms with Crippen molar-refractivity contribution in [1.29, 1.82) is 0 Å². The summed E-state index contributed by atoms with van der Waals surface area (Å²) in [6.07, 6.45) is 7.00. The van der Waals surface area contributed by atoms with Crippen molar-refractivity contribution < 1.29 is 4.79 Å². The molecule has 0 aliphatic carbocycles. The Morgan fingerprint density at radius 3 is 3.15 bits per heavy atom. The Morgan fingerprint density at radius 1 is 1.38 bits per heavy atom. The smallest absolute Gasteiger partial charge is 0.271 e. The van der Waals surface area contributed by atoms with Crippen molar-refractivity contribution in [3.8, 4) is 0 Å². The summed E-state index contributed by atoms with van der Waals surface area (Å²) in [6, 6.07) is 8.44. The van der Waals surface area contributed by atoms with Crippen molar-refractivity contribution in [3.05, 3.63) is 53.5 Å². The van der Waals surface area contributed by atoms with Gasteiger partial charge in [0.15, 0.2) is 0 Å². The molecule has 3 heterocycles. The minimum absolute atomic E-state index is 0.108. The molecule has 1 aliphatic heterocycles. The van der Waals surface area contributed by atoms with E-state index in [0.29, 0.717) is 18.3 Å². The molecule has 1 fully saturated rings. The third kappa shape index (κ3) is 3.37. The Kier molecular flexibility index (Phi) is 4.75. The number of para-hydroxylation sites is 1. The van der Waals surface area contributed by atoms with E-state index in [1.165, 1.54) is 22.0 Å². The van der Waals surface area contributed by atoms with Gasteiger partial charge in [-0.3, -0.25) is 9.48 Å². The number of aryl methyl sites for hydroxylation is 1. The minimum Gasteiger partial charge on any atom is -0.361 e. The molecule has 3 aromatic rings. The number of nitrogens with one attached hydrogen (secondary N) is 3. The van der Waals surface area contributed by atoms with Crippen molar-refractivity contribution in [2.45, 2.75) is 32.2 Å². The lowest BCUT2D eigenvalue weighted by atomic mass is 10.1. The largest absolute Gasteiger partial charge is 0.361 e. The first kappa shape index (κ1) is 16.8. The fourth-order valence-corrected chi connectivity index (χ4v) is 3.69. The van der Waals surface area contributed by atoms with Crippen molar-refractivity contribution in [2.24, 2.45) is 0 Å². The van der Waals surface area contributed by atoms with E-state index in [0.717, 1.165) is 32.4 Å². The van der Waals surface area contributed by atoms with Gasteiger partial charge in [0, 0.05) is 36.4 Å². The summed E-state index contributed by atoms with van der Waals surface area (Å²) in [6.45, 7) is 4.68. The van der Waals surface area contributed by atoms with Crippen LogP contribution in [0.4, 0.5) is 0 Å². The van der Waals surface area contributed by atoms with Crippen LogP contribution in [-0.4, -0.2) is 40.3 Å². The quantitative estimate of drug-likeness (QED) is 0.661. The summed E-state index contributed by atoms with van der Waals surface area (Å²) in [5.74, 6) is -0.108.